The molecule has 98 valence electrons. The molecule has 0 heterocycles. The standard InChI is InChI=1S/C14H21N3O/c15-13(11-5-2-1-3-6-11)9-10-16-14(18)17-12-7-4-8-12/h1-3,5-6,12-13H,4,7-10,15H2,(H2,16,17,18). The molecule has 4 nitrogen and oxygen atoms in total. The Balaban J connectivity index is 1.64. The third-order valence-corrected chi connectivity index (χ3v) is 3.41. The normalized spacial score (nSPS) is 16.7. The fourth-order valence-electron chi connectivity index (χ4n) is 2.00. The largest absolute Gasteiger partial charge is 0.338 e. The molecule has 0 saturated heterocycles. The van der Waals surface area contributed by atoms with Gasteiger partial charge in [0.05, 0.1) is 0 Å². The highest BCUT2D eigenvalue weighted by Crippen LogP contribution is 2.17. The predicted octanol–water partition coefficient (Wildman–Crippen LogP) is 1.93. The zero-order valence-corrected chi connectivity index (χ0v) is 10.6. The smallest absolute Gasteiger partial charge is 0.315 e. The summed E-state index contributed by atoms with van der Waals surface area (Å²) in [5, 5.41) is 5.79. The van der Waals surface area contributed by atoms with Crippen LogP contribution in [0.15, 0.2) is 30.3 Å². The molecule has 18 heavy (non-hydrogen) atoms. The molecule has 1 aliphatic carbocycles. The van der Waals surface area contributed by atoms with Crippen molar-refractivity contribution in [2.75, 3.05) is 6.54 Å². The van der Waals surface area contributed by atoms with E-state index in [-0.39, 0.29) is 12.1 Å². The summed E-state index contributed by atoms with van der Waals surface area (Å²) in [5.41, 5.74) is 7.16. The topological polar surface area (TPSA) is 67.1 Å². The van der Waals surface area contributed by atoms with E-state index in [0.29, 0.717) is 12.6 Å². The molecule has 0 bridgehead atoms. The van der Waals surface area contributed by atoms with Gasteiger partial charge in [0.2, 0.25) is 0 Å². The van der Waals surface area contributed by atoms with E-state index in [1.165, 1.54) is 6.42 Å². The van der Waals surface area contributed by atoms with Crippen LogP contribution in [-0.4, -0.2) is 18.6 Å². The van der Waals surface area contributed by atoms with E-state index < -0.39 is 0 Å². The molecule has 0 spiro atoms. The molecule has 2 amide bonds. The maximum absolute atomic E-state index is 11.5. The van der Waals surface area contributed by atoms with E-state index in [0.717, 1.165) is 24.8 Å². The van der Waals surface area contributed by atoms with Crippen molar-refractivity contribution in [2.24, 2.45) is 5.73 Å². The van der Waals surface area contributed by atoms with Gasteiger partial charge in [-0.3, -0.25) is 0 Å². The number of hydrogen-bond acceptors (Lipinski definition) is 2. The number of carbonyl (C=O) groups is 1. The molecule has 1 unspecified atom stereocenters. The third-order valence-electron chi connectivity index (χ3n) is 3.41. The number of nitrogens with one attached hydrogen (secondary N) is 2. The van der Waals surface area contributed by atoms with E-state index in [4.69, 9.17) is 5.73 Å². The van der Waals surface area contributed by atoms with E-state index in [1.807, 2.05) is 30.3 Å². The SMILES string of the molecule is NC(CCNC(=O)NC1CCC1)c1ccccc1. The maximum Gasteiger partial charge on any atom is 0.315 e. The molecular weight excluding hydrogens is 226 g/mol. The van der Waals surface area contributed by atoms with Gasteiger partial charge in [0.1, 0.15) is 0 Å². The Hall–Kier alpha value is -1.55. The van der Waals surface area contributed by atoms with Crippen LogP contribution in [0.25, 0.3) is 0 Å². The van der Waals surface area contributed by atoms with Gasteiger partial charge in [0.15, 0.2) is 0 Å². The first-order valence-electron chi connectivity index (χ1n) is 6.60. The number of urea groups is 1. The lowest BCUT2D eigenvalue weighted by Gasteiger charge is -2.26. The third kappa shape index (κ3) is 3.74. The lowest BCUT2D eigenvalue weighted by Crippen LogP contribution is -2.45. The van der Waals surface area contributed by atoms with Crippen molar-refractivity contribution < 1.29 is 4.79 Å². The van der Waals surface area contributed by atoms with Crippen molar-refractivity contribution in [3.63, 3.8) is 0 Å². The average molecular weight is 247 g/mol. The molecule has 0 aromatic heterocycles. The summed E-state index contributed by atoms with van der Waals surface area (Å²) in [7, 11) is 0. The van der Waals surface area contributed by atoms with Crippen LogP contribution in [0, 0.1) is 0 Å². The van der Waals surface area contributed by atoms with Crippen LogP contribution in [0.3, 0.4) is 0 Å². The number of carbonyl (C=O) groups excluding carboxylic acids is 1. The van der Waals surface area contributed by atoms with Crippen LogP contribution in [-0.2, 0) is 0 Å². The summed E-state index contributed by atoms with van der Waals surface area (Å²) in [6, 6.07) is 10.2. The number of benzene rings is 1. The minimum Gasteiger partial charge on any atom is -0.338 e. The summed E-state index contributed by atoms with van der Waals surface area (Å²) in [6.45, 7) is 0.606. The van der Waals surface area contributed by atoms with Gasteiger partial charge >= 0.3 is 6.03 Å². The fourth-order valence-corrected chi connectivity index (χ4v) is 2.00. The molecule has 4 heteroatoms. The lowest BCUT2D eigenvalue weighted by atomic mass is 9.93. The highest BCUT2D eigenvalue weighted by molar-refractivity contribution is 5.74. The molecule has 1 aliphatic rings. The first kappa shape index (κ1) is 12.9. The minimum atomic E-state index is -0.0695. The van der Waals surface area contributed by atoms with Crippen molar-refractivity contribution in [3.8, 4) is 0 Å². The Morgan fingerprint density at radius 1 is 1.33 bits per heavy atom. The zero-order chi connectivity index (χ0) is 12.8. The fraction of sp³-hybridized carbons (Fsp3) is 0.500. The number of amides is 2. The van der Waals surface area contributed by atoms with E-state index in [1.54, 1.807) is 0 Å². The lowest BCUT2D eigenvalue weighted by molar-refractivity contribution is 0.228. The van der Waals surface area contributed by atoms with Crippen molar-refractivity contribution in [2.45, 2.75) is 37.8 Å². The van der Waals surface area contributed by atoms with Crippen molar-refractivity contribution in [3.05, 3.63) is 35.9 Å². The first-order chi connectivity index (χ1) is 8.75. The molecule has 1 saturated carbocycles. The molecule has 0 aliphatic heterocycles. The van der Waals surface area contributed by atoms with Gasteiger partial charge in [-0.1, -0.05) is 30.3 Å². The molecule has 1 aromatic rings. The molecule has 1 aromatic carbocycles. The first-order valence-corrected chi connectivity index (χ1v) is 6.60. The van der Waals surface area contributed by atoms with Crippen molar-refractivity contribution in [1.82, 2.24) is 10.6 Å². The summed E-state index contributed by atoms with van der Waals surface area (Å²) >= 11 is 0. The van der Waals surface area contributed by atoms with Crippen LogP contribution >= 0.6 is 0 Å². The Morgan fingerprint density at radius 2 is 2.06 bits per heavy atom. The van der Waals surface area contributed by atoms with Crippen LogP contribution in [0.1, 0.15) is 37.3 Å². The maximum atomic E-state index is 11.5. The van der Waals surface area contributed by atoms with Gasteiger partial charge in [0.25, 0.3) is 0 Å². The van der Waals surface area contributed by atoms with Gasteiger partial charge in [0, 0.05) is 18.6 Å². The van der Waals surface area contributed by atoms with Crippen LogP contribution in [0.5, 0.6) is 0 Å². The van der Waals surface area contributed by atoms with Gasteiger partial charge in [-0.05, 0) is 31.2 Å². The second-order valence-corrected chi connectivity index (χ2v) is 4.83. The quantitative estimate of drug-likeness (QED) is 0.744. The van der Waals surface area contributed by atoms with Gasteiger partial charge < -0.3 is 16.4 Å². The molecule has 1 fully saturated rings. The number of hydrogen-bond donors (Lipinski definition) is 3. The molecular formula is C14H21N3O. The van der Waals surface area contributed by atoms with Gasteiger partial charge in [-0.25, -0.2) is 4.79 Å². The molecule has 1 atom stereocenters. The van der Waals surface area contributed by atoms with Crippen LogP contribution in [0.4, 0.5) is 4.79 Å². The monoisotopic (exact) mass is 247 g/mol. The molecule has 2 rings (SSSR count). The second kappa shape index (κ2) is 6.40. The Labute approximate surface area is 108 Å². The number of nitrogens with two attached hydrogens (primary N) is 1. The van der Waals surface area contributed by atoms with Crippen LogP contribution < -0.4 is 16.4 Å². The summed E-state index contributed by atoms with van der Waals surface area (Å²) in [5.74, 6) is 0. The van der Waals surface area contributed by atoms with E-state index >= 15 is 0 Å². The van der Waals surface area contributed by atoms with Crippen molar-refractivity contribution in [1.29, 1.82) is 0 Å². The molecule has 4 N–H and O–H groups in total. The summed E-state index contributed by atoms with van der Waals surface area (Å²) < 4.78 is 0. The molecule has 0 radical (unpaired) electrons. The minimum absolute atomic E-state index is 0.0183. The van der Waals surface area contributed by atoms with E-state index in [9.17, 15) is 4.79 Å². The predicted molar refractivity (Wildman–Crippen MR) is 72.2 cm³/mol. The van der Waals surface area contributed by atoms with Crippen molar-refractivity contribution >= 4 is 6.03 Å². The Morgan fingerprint density at radius 3 is 2.67 bits per heavy atom. The number of rotatable bonds is 5. The van der Waals surface area contributed by atoms with E-state index in [2.05, 4.69) is 10.6 Å². The Kier molecular flexibility index (Phi) is 4.59. The highest BCUT2D eigenvalue weighted by Gasteiger charge is 2.18. The highest BCUT2D eigenvalue weighted by atomic mass is 16.2. The summed E-state index contributed by atoms with van der Waals surface area (Å²) in [6.07, 6.45) is 4.19. The van der Waals surface area contributed by atoms with Gasteiger partial charge in [-0.15, -0.1) is 0 Å². The Bertz CT molecular complexity index is 376. The van der Waals surface area contributed by atoms with Gasteiger partial charge in [-0.2, -0.15) is 0 Å². The second-order valence-electron chi connectivity index (χ2n) is 4.83. The average Bonchev–Trinajstić information content (AvgIpc) is 2.35. The van der Waals surface area contributed by atoms with Crippen LogP contribution in [0.2, 0.25) is 0 Å². The summed E-state index contributed by atoms with van der Waals surface area (Å²) in [4.78, 5) is 11.5. The zero-order valence-electron chi connectivity index (χ0n) is 10.6.